The molecule has 1 aliphatic heterocycles. The van der Waals surface area contributed by atoms with Crippen molar-refractivity contribution in [2.45, 2.75) is 25.5 Å². The molecule has 0 saturated carbocycles. The van der Waals surface area contributed by atoms with Crippen molar-refractivity contribution in [1.82, 2.24) is 19.7 Å². The highest BCUT2D eigenvalue weighted by Gasteiger charge is 2.23. The number of amides is 1. The van der Waals surface area contributed by atoms with Crippen LogP contribution in [0, 0.1) is 6.92 Å². The fourth-order valence-corrected chi connectivity index (χ4v) is 4.73. The fourth-order valence-electron chi connectivity index (χ4n) is 3.82. The summed E-state index contributed by atoms with van der Waals surface area (Å²) < 4.78 is 2.07. The predicted octanol–water partition coefficient (Wildman–Crippen LogP) is 3.42. The molecule has 0 bridgehead atoms. The van der Waals surface area contributed by atoms with E-state index in [1.54, 1.807) is 12.1 Å². The third-order valence-corrected chi connectivity index (χ3v) is 6.52. The number of anilines is 1. The summed E-state index contributed by atoms with van der Waals surface area (Å²) in [7, 11) is 0. The molecule has 7 nitrogen and oxygen atoms in total. The monoisotopic (exact) mass is 437 g/mol. The number of hydrogen-bond acceptors (Lipinski definition) is 6. The Morgan fingerprint density at radius 3 is 2.55 bits per heavy atom. The Morgan fingerprint density at radius 2 is 1.84 bits per heavy atom. The highest BCUT2D eigenvalue weighted by atomic mass is 32.2. The number of phenolic OH excluding ortho intramolecular Hbond substituents is 1. The van der Waals surface area contributed by atoms with E-state index < -0.39 is 0 Å². The van der Waals surface area contributed by atoms with Gasteiger partial charge in [0.2, 0.25) is 5.91 Å². The van der Waals surface area contributed by atoms with Crippen LogP contribution < -0.4 is 4.90 Å². The number of aromatic nitrogens is 3. The lowest BCUT2D eigenvalue weighted by Gasteiger charge is -2.36. The van der Waals surface area contributed by atoms with Crippen molar-refractivity contribution in [3.8, 4) is 17.1 Å². The van der Waals surface area contributed by atoms with Crippen LogP contribution in [0.15, 0.2) is 53.7 Å². The first kappa shape index (κ1) is 21.2. The molecule has 1 saturated heterocycles. The Morgan fingerprint density at radius 1 is 1.06 bits per heavy atom. The number of rotatable bonds is 6. The molecule has 0 spiro atoms. The van der Waals surface area contributed by atoms with Gasteiger partial charge in [0.25, 0.3) is 0 Å². The number of aryl methyl sites for hydroxylation is 1. The first-order chi connectivity index (χ1) is 15.1. The summed E-state index contributed by atoms with van der Waals surface area (Å²) in [5.74, 6) is 1.56. The zero-order valence-corrected chi connectivity index (χ0v) is 18.7. The first-order valence-corrected chi connectivity index (χ1v) is 11.5. The van der Waals surface area contributed by atoms with Crippen LogP contribution in [0.2, 0.25) is 0 Å². The average Bonchev–Trinajstić information content (AvgIpc) is 3.20. The van der Waals surface area contributed by atoms with E-state index in [1.165, 1.54) is 11.8 Å². The van der Waals surface area contributed by atoms with Gasteiger partial charge in [-0.05, 0) is 31.5 Å². The van der Waals surface area contributed by atoms with Crippen molar-refractivity contribution in [3.05, 3.63) is 54.1 Å². The van der Waals surface area contributed by atoms with Crippen LogP contribution >= 0.6 is 11.8 Å². The maximum atomic E-state index is 12.8. The summed E-state index contributed by atoms with van der Waals surface area (Å²) in [6.45, 7) is 7.73. The van der Waals surface area contributed by atoms with E-state index in [9.17, 15) is 9.90 Å². The molecule has 31 heavy (non-hydrogen) atoms. The predicted molar refractivity (Wildman–Crippen MR) is 123 cm³/mol. The first-order valence-electron chi connectivity index (χ1n) is 10.5. The highest BCUT2D eigenvalue weighted by molar-refractivity contribution is 7.99. The van der Waals surface area contributed by atoms with Gasteiger partial charge < -0.3 is 19.5 Å². The maximum absolute atomic E-state index is 12.8. The van der Waals surface area contributed by atoms with Gasteiger partial charge in [-0.15, -0.1) is 10.2 Å². The van der Waals surface area contributed by atoms with Gasteiger partial charge in [-0.1, -0.05) is 42.1 Å². The molecule has 2 heterocycles. The van der Waals surface area contributed by atoms with E-state index >= 15 is 0 Å². The Labute approximate surface area is 186 Å². The number of aromatic hydroxyl groups is 1. The van der Waals surface area contributed by atoms with Crippen LogP contribution in [0.25, 0.3) is 11.4 Å². The van der Waals surface area contributed by atoms with Crippen molar-refractivity contribution in [1.29, 1.82) is 0 Å². The van der Waals surface area contributed by atoms with Gasteiger partial charge in [0.05, 0.1) is 5.75 Å². The normalized spacial score (nSPS) is 14.1. The lowest BCUT2D eigenvalue weighted by Crippen LogP contribution is -2.49. The molecule has 162 valence electrons. The van der Waals surface area contributed by atoms with Crippen molar-refractivity contribution in [2.75, 3.05) is 36.8 Å². The molecular weight excluding hydrogens is 410 g/mol. The number of phenols is 1. The van der Waals surface area contributed by atoms with E-state index in [2.05, 4.69) is 45.6 Å². The molecule has 1 amide bonds. The van der Waals surface area contributed by atoms with Crippen molar-refractivity contribution in [3.63, 3.8) is 0 Å². The van der Waals surface area contributed by atoms with Gasteiger partial charge >= 0.3 is 0 Å². The molecule has 0 radical (unpaired) electrons. The van der Waals surface area contributed by atoms with Gasteiger partial charge in [0.15, 0.2) is 11.0 Å². The van der Waals surface area contributed by atoms with E-state index in [0.717, 1.165) is 47.4 Å². The number of carbonyl (C=O) groups is 1. The number of piperazine rings is 1. The standard InChI is InChI=1S/C23H27N5O2S/c1-3-28-22(20-10-5-4-7-17(20)2)24-25-23(28)31-16-21(30)27-13-11-26(12-14-27)18-8-6-9-19(29)15-18/h4-10,15,29H,3,11-14,16H2,1-2H3. The van der Waals surface area contributed by atoms with Crippen LogP contribution in [-0.4, -0.2) is 62.6 Å². The molecule has 3 aromatic rings. The molecule has 1 fully saturated rings. The average molecular weight is 438 g/mol. The Bertz CT molecular complexity index is 1060. The summed E-state index contributed by atoms with van der Waals surface area (Å²) in [6, 6.07) is 15.4. The molecule has 1 aliphatic rings. The Balaban J connectivity index is 1.36. The van der Waals surface area contributed by atoms with Crippen molar-refractivity contribution < 1.29 is 9.90 Å². The molecule has 0 aliphatic carbocycles. The van der Waals surface area contributed by atoms with Gasteiger partial charge in [0.1, 0.15) is 5.75 Å². The quantitative estimate of drug-likeness (QED) is 0.596. The molecule has 2 aromatic carbocycles. The summed E-state index contributed by atoms with van der Waals surface area (Å²) in [4.78, 5) is 16.9. The minimum atomic E-state index is 0.114. The molecule has 8 heteroatoms. The molecule has 4 rings (SSSR count). The summed E-state index contributed by atoms with van der Waals surface area (Å²) in [6.07, 6.45) is 0. The van der Waals surface area contributed by atoms with E-state index in [-0.39, 0.29) is 11.7 Å². The minimum Gasteiger partial charge on any atom is -0.508 e. The number of carbonyl (C=O) groups excluding carboxylic acids is 1. The van der Waals surface area contributed by atoms with Gasteiger partial charge in [-0.25, -0.2) is 0 Å². The summed E-state index contributed by atoms with van der Waals surface area (Å²) in [5.41, 5.74) is 3.21. The third kappa shape index (κ3) is 4.69. The van der Waals surface area contributed by atoms with Crippen LogP contribution in [0.3, 0.4) is 0 Å². The smallest absolute Gasteiger partial charge is 0.233 e. The summed E-state index contributed by atoms with van der Waals surface area (Å²) >= 11 is 1.45. The second kappa shape index (κ2) is 9.43. The van der Waals surface area contributed by atoms with E-state index in [0.29, 0.717) is 18.8 Å². The van der Waals surface area contributed by atoms with Crippen molar-refractivity contribution >= 4 is 23.4 Å². The van der Waals surface area contributed by atoms with Gasteiger partial charge in [-0.3, -0.25) is 4.79 Å². The Kier molecular flexibility index (Phi) is 6.46. The van der Waals surface area contributed by atoms with Crippen LogP contribution in [0.5, 0.6) is 5.75 Å². The summed E-state index contributed by atoms with van der Waals surface area (Å²) in [5, 5.41) is 19.2. The van der Waals surface area contributed by atoms with Crippen LogP contribution in [0.4, 0.5) is 5.69 Å². The van der Waals surface area contributed by atoms with Crippen molar-refractivity contribution in [2.24, 2.45) is 0 Å². The van der Waals surface area contributed by atoms with Gasteiger partial charge in [-0.2, -0.15) is 0 Å². The molecule has 0 atom stereocenters. The third-order valence-electron chi connectivity index (χ3n) is 5.57. The Hall–Kier alpha value is -3.00. The molecule has 1 aromatic heterocycles. The largest absolute Gasteiger partial charge is 0.508 e. The second-order valence-electron chi connectivity index (χ2n) is 7.54. The zero-order valence-electron chi connectivity index (χ0n) is 17.9. The second-order valence-corrected chi connectivity index (χ2v) is 8.48. The van der Waals surface area contributed by atoms with E-state index in [4.69, 9.17) is 0 Å². The molecule has 1 N–H and O–H groups in total. The van der Waals surface area contributed by atoms with Gasteiger partial charge in [0, 0.05) is 50.0 Å². The number of thioether (sulfide) groups is 1. The van der Waals surface area contributed by atoms with Crippen LogP contribution in [-0.2, 0) is 11.3 Å². The molecule has 0 unspecified atom stereocenters. The number of nitrogens with zero attached hydrogens (tertiary/aromatic N) is 5. The molecular formula is C23H27N5O2S. The fraction of sp³-hybridized carbons (Fsp3) is 0.348. The zero-order chi connectivity index (χ0) is 21.8. The number of hydrogen-bond donors (Lipinski definition) is 1. The van der Waals surface area contributed by atoms with Crippen LogP contribution in [0.1, 0.15) is 12.5 Å². The highest BCUT2D eigenvalue weighted by Crippen LogP contribution is 2.27. The maximum Gasteiger partial charge on any atom is 0.233 e. The topological polar surface area (TPSA) is 74.5 Å². The lowest BCUT2D eigenvalue weighted by atomic mass is 10.1. The van der Waals surface area contributed by atoms with E-state index in [1.807, 2.05) is 29.2 Å². The SMILES string of the molecule is CCn1c(SCC(=O)N2CCN(c3cccc(O)c3)CC2)nnc1-c1ccccc1C. The minimum absolute atomic E-state index is 0.114. The number of benzene rings is 2. The lowest BCUT2D eigenvalue weighted by molar-refractivity contribution is -0.128.